The van der Waals surface area contributed by atoms with Crippen LogP contribution in [0.5, 0.6) is 0 Å². The summed E-state index contributed by atoms with van der Waals surface area (Å²) >= 11 is 0. The SMILES string of the molecule is COC(=O)c1ccccc1NC(=O)COC(=O)[C@@H]1C[C@@H]1C. The summed E-state index contributed by atoms with van der Waals surface area (Å²) < 4.78 is 9.56. The summed E-state index contributed by atoms with van der Waals surface area (Å²) in [7, 11) is 1.26. The highest BCUT2D eigenvalue weighted by molar-refractivity contribution is 6.01. The first kappa shape index (κ1) is 15.0. The van der Waals surface area contributed by atoms with Gasteiger partial charge in [-0.05, 0) is 24.5 Å². The molecule has 0 radical (unpaired) electrons. The number of hydrogen-bond donors (Lipinski definition) is 1. The van der Waals surface area contributed by atoms with Crippen molar-refractivity contribution >= 4 is 23.5 Å². The maximum absolute atomic E-state index is 11.8. The van der Waals surface area contributed by atoms with Crippen LogP contribution in [0.25, 0.3) is 0 Å². The van der Waals surface area contributed by atoms with Gasteiger partial charge in [-0.15, -0.1) is 0 Å². The Kier molecular flexibility index (Phi) is 4.57. The minimum Gasteiger partial charge on any atom is -0.465 e. The van der Waals surface area contributed by atoms with Crippen LogP contribution in [0.2, 0.25) is 0 Å². The van der Waals surface area contributed by atoms with Crippen LogP contribution in [0, 0.1) is 11.8 Å². The molecule has 1 amide bonds. The van der Waals surface area contributed by atoms with Crippen molar-refractivity contribution in [2.24, 2.45) is 11.8 Å². The summed E-state index contributed by atoms with van der Waals surface area (Å²) in [5, 5.41) is 2.53. The van der Waals surface area contributed by atoms with E-state index in [-0.39, 0.29) is 24.1 Å². The molecule has 0 saturated heterocycles. The number of carbonyl (C=O) groups excluding carboxylic acids is 3. The third-order valence-corrected chi connectivity index (χ3v) is 3.36. The topological polar surface area (TPSA) is 81.7 Å². The predicted molar refractivity (Wildman–Crippen MR) is 74.6 cm³/mol. The Bertz CT molecular complexity index is 569. The number of anilines is 1. The van der Waals surface area contributed by atoms with Crippen LogP contribution >= 0.6 is 0 Å². The molecule has 6 heteroatoms. The van der Waals surface area contributed by atoms with E-state index in [0.717, 1.165) is 6.42 Å². The van der Waals surface area contributed by atoms with Gasteiger partial charge in [0, 0.05) is 0 Å². The maximum atomic E-state index is 11.8. The lowest BCUT2D eigenvalue weighted by atomic mass is 10.2. The molecule has 0 spiro atoms. The highest BCUT2D eigenvalue weighted by atomic mass is 16.5. The van der Waals surface area contributed by atoms with Crippen molar-refractivity contribution in [1.82, 2.24) is 0 Å². The van der Waals surface area contributed by atoms with Crippen molar-refractivity contribution < 1.29 is 23.9 Å². The quantitative estimate of drug-likeness (QED) is 0.833. The van der Waals surface area contributed by atoms with Crippen LogP contribution in [0.4, 0.5) is 5.69 Å². The third-order valence-electron chi connectivity index (χ3n) is 3.36. The van der Waals surface area contributed by atoms with Gasteiger partial charge in [0.05, 0.1) is 24.3 Å². The first-order chi connectivity index (χ1) is 10.0. The molecular formula is C15H17NO5. The monoisotopic (exact) mass is 291 g/mol. The Balaban J connectivity index is 1.90. The Morgan fingerprint density at radius 1 is 1.29 bits per heavy atom. The molecular weight excluding hydrogens is 274 g/mol. The highest BCUT2D eigenvalue weighted by Gasteiger charge is 2.40. The largest absolute Gasteiger partial charge is 0.465 e. The molecule has 0 aromatic heterocycles. The minimum atomic E-state index is -0.547. The predicted octanol–water partition coefficient (Wildman–Crippen LogP) is 1.61. The first-order valence-corrected chi connectivity index (χ1v) is 6.66. The maximum Gasteiger partial charge on any atom is 0.339 e. The average Bonchev–Trinajstić information content (AvgIpc) is 3.21. The standard InChI is InChI=1S/C15H17NO5/c1-9-7-11(9)15(19)21-8-13(17)16-12-6-4-3-5-10(12)14(18)20-2/h3-6,9,11H,7-8H2,1-2H3,(H,16,17)/t9-,11+/m0/s1. The van der Waals surface area contributed by atoms with Crippen molar-refractivity contribution in [3.8, 4) is 0 Å². The van der Waals surface area contributed by atoms with Crippen molar-refractivity contribution in [2.75, 3.05) is 19.0 Å². The minimum absolute atomic E-state index is 0.0832. The molecule has 0 bridgehead atoms. The number of benzene rings is 1. The second kappa shape index (κ2) is 6.39. The van der Waals surface area contributed by atoms with Gasteiger partial charge in [0.1, 0.15) is 0 Å². The van der Waals surface area contributed by atoms with E-state index in [9.17, 15) is 14.4 Å². The zero-order valence-electron chi connectivity index (χ0n) is 11.9. The van der Waals surface area contributed by atoms with E-state index in [0.29, 0.717) is 11.6 Å². The van der Waals surface area contributed by atoms with Crippen LogP contribution < -0.4 is 5.32 Å². The molecule has 1 aliphatic carbocycles. The number of hydrogen-bond acceptors (Lipinski definition) is 5. The summed E-state index contributed by atoms with van der Waals surface area (Å²) in [4.78, 5) is 34.8. The molecule has 1 aliphatic rings. The molecule has 1 saturated carbocycles. The molecule has 0 heterocycles. The van der Waals surface area contributed by atoms with Crippen molar-refractivity contribution in [2.45, 2.75) is 13.3 Å². The molecule has 2 rings (SSSR count). The Labute approximate surface area is 122 Å². The molecule has 0 unspecified atom stereocenters. The van der Waals surface area contributed by atoms with Crippen molar-refractivity contribution in [3.05, 3.63) is 29.8 Å². The number of methoxy groups -OCH3 is 1. The van der Waals surface area contributed by atoms with Gasteiger partial charge in [-0.25, -0.2) is 4.79 Å². The van der Waals surface area contributed by atoms with Crippen LogP contribution in [0.3, 0.4) is 0 Å². The molecule has 2 atom stereocenters. The Hall–Kier alpha value is -2.37. The second-order valence-corrected chi connectivity index (χ2v) is 5.01. The number of para-hydroxylation sites is 1. The third kappa shape index (κ3) is 3.81. The van der Waals surface area contributed by atoms with Crippen LogP contribution in [0.15, 0.2) is 24.3 Å². The molecule has 1 N–H and O–H groups in total. The fourth-order valence-electron chi connectivity index (χ4n) is 1.96. The lowest BCUT2D eigenvalue weighted by Crippen LogP contribution is -2.23. The molecule has 21 heavy (non-hydrogen) atoms. The van der Waals surface area contributed by atoms with E-state index in [1.165, 1.54) is 7.11 Å². The molecule has 1 aromatic carbocycles. The fourth-order valence-corrected chi connectivity index (χ4v) is 1.96. The van der Waals surface area contributed by atoms with Gasteiger partial charge < -0.3 is 14.8 Å². The van der Waals surface area contributed by atoms with Crippen molar-refractivity contribution in [3.63, 3.8) is 0 Å². The first-order valence-electron chi connectivity index (χ1n) is 6.66. The zero-order chi connectivity index (χ0) is 15.4. The van der Waals surface area contributed by atoms with E-state index < -0.39 is 11.9 Å². The summed E-state index contributed by atoms with van der Waals surface area (Å²) in [5.74, 6) is -1.14. The lowest BCUT2D eigenvalue weighted by Gasteiger charge is -2.09. The van der Waals surface area contributed by atoms with Gasteiger partial charge in [0.25, 0.3) is 5.91 Å². The summed E-state index contributed by atoms with van der Waals surface area (Å²) in [6.45, 7) is 1.59. The van der Waals surface area contributed by atoms with Gasteiger partial charge in [-0.2, -0.15) is 0 Å². The van der Waals surface area contributed by atoms with E-state index in [4.69, 9.17) is 4.74 Å². The van der Waals surface area contributed by atoms with Crippen LogP contribution in [0.1, 0.15) is 23.7 Å². The number of amides is 1. The summed E-state index contributed by atoms with van der Waals surface area (Å²) in [5.41, 5.74) is 0.570. The van der Waals surface area contributed by atoms with Crippen LogP contribution in [-0.4, -0.2) is 31.6 Å². The molecule has 1 fully saturated rings. The second-order valence-electron chi connectivity index (χ2n) is 5.01. The normalized spacial score (nSPS) is 19.5. The molecule has 6 nitrogen and oxygen atoms in total. The number of rotatable bonds is 5. The van der Waals surface area contributed by atoms with Crippen LogP contribution in [-0.2, 0) is 19.1 Å². The zero-order valence-corrected chi connectivity index (χ0v) is 11.9. The molecule has 1 aromatic rings. The van der Waals surface area contributed by atoms with E-state index in [2.05, 4.69) is 10.1 Å². The van der Waals surface area contributed by atoms with Gasteiger partial charge in [0.2, 0.25) is 0 Å². The van der Waals surface area contributed by atoms with Gasteiger partial charge in [-0.1, -0.05) is 19.1 Å². The highest BCUT2D eigenvalue weighted by Crippen LogP contribution is 2.38. The Morgan fingerprint density at radius 2 is 1.95 bits per heavy atom. The average molecular weight is 291 g/mol. The number of nitrogens with one attached hydrogen (secondary N) is 1. The smallest absolute Gasteiger partial charge is 0.339 e. The van der Waals surface area contributed by atoms with Gasteiger partial charge in [-0.3, -0.25) is 9.59 Å². The molecule has 0 aliphatic heterocycles. The lowest BCUT2D eigenvalue weighted by molar-refractivity contribution is -0.148. The number of carbonyl (C=O) groups is 3. The van der Waals surface area contributed by atoms with E-state index >= 15 is 0 Å². The molecule has 112 valence electrons. The van der Waals surface area contributed by atoms with E-state index in [1.807, 2.05) is 6.92 Å². The number of ether oxygens (including phenoxy) is 2. The summed E-state index contributed by atoms with van der Waals surface area (Å²) in [6, 6.07) is 6.46. The summed E-state index contributed by atoms with van der Waals surface area (Å²) in [6.07, 6.45) is 0.811. The van der Waals surface area contributed by atoms with E-state index in [1.54, 1.807) is 24.3 Å². The van der Waals surface area contributed by atoms with Crippen molar-refractivity contribution in [1.29, 1.82) is 0 Å². The van der Waals surface area contributed by atoms with Gasteiger partial charge >= 0.3 is 11.9 Å². The number of esters is 2. The Morgan fingerprint density at radius 3 is 2.57 bits per heavy atom. The fraction of sp³-hybridized carbons (Fsp3) is 0.400. The van der Waals surface area contributed by atoms with Gasteiger partial charge in [0.15, 0.2) is 6.61 Å².